The first kappa shape index (κ1) is 48.1. The molecule has 0 bridgehead atoms. The number of anilines is 4. The third-order valence-electron chi connectivity index (χ3n) is 13.7. The van der Waals surface area contributed by atoms with Gasteiger partial charge in [0.2, 0.25) is 5.88 Å². The van der Waals surface area contributed by atoms with Crippen LogP contribution in [0.5, 0.6) is 5.88 Å². The zero-order valence-electron chi connectivity index (χ0n) is 38.3. The van der Waals surface area contributed by atoms with Crippen LogP contribution in [-0.2, 0) is 14.8 Å². The minimum Gasteiger partial charge on any atom is -0.475 e. The number of sulfonamides is 1. The zero-order valence-corrected chi connectivity index (χ0v) is 39.9. The van der Waals surface area contributed by atoms with Crippen molar-refractivity contribution in [3.63, 3.8) is 0 Å². The van der Waals surface area contributed by atoms with Crippen LogP contribution >= 0.6 is 11.6 Å². The molecule has 0 saturated carbocycles. The number of amides is 1. The van der Waals surface area contributed by atoms with E-state index in [1.54, 1.807) is 30.5 Å². The van der Waals surface area contributed by atoms with Crippen molar-refractivity contribution >= 4 is 72.6 Å². The number of pyridine rings is 1. The number of rotatable bonds is 12. The van der Waals surface area contributed by atoms with Crippen molar-refractivity contribution in [1.29, 1.82) is 0 Å². The number of allylic oxidation sites excluding steroid dienone is 1. The molecule has 20 heteroatoms. The molecule has 0 unspecified atom stereocenters. The molecule has 2 fully saturated rings. The van der Waals surface area contributed by atoms with Crippen LogP contribution < -0.4 is 24.6 Å². The number of aromatic amines is 1. The summed E-state index contributed by atoms with van der Waals surface area (Å²) >= 11 is 6.25. The minimum absolute atomic E-state index is 0.0125. The number of benzene rings is 3. The molecule has 1 aliphatic carbocycles. The lowest BCUT2D eigenvalue weighted by molar-refractivity contribution is -0.384. The fourth-order valence-electron chi connectivity index (χ4n) is 9.68. The lowest BCUT2D eigenvalue weighted by Crippen LogP contribution is -2.47. The number of carbonyl (C=O) groups excluding carboxylic acids is 1. The van der Waals surface area contributed by atoms with E-state index >= 15 is 0 Å². The highest BCUT2D eigenvalue weighted by molar-refractivity contribution is 7.90. The monoisotopic (exact) mass is 990 g/mol. The quantitative estimate of drug-likeness (QED) is 0.0799. The van der Waals surface area contributed by atoms with Gasteiger partial charge in [-0.2, -0.15) is 18.2 Å². The van der Waals surface area contributed by atoms with Gasteiger partial charge < -0.3 is 29.6 Å². The number of H-pyrrole nitrogens is 1. The molecule has 0 spiro atoms. The van der Waals surface area contributed by atoms with Crippen LogP contribution in [0.15, 0.2) is 89.5 Å². The number of piperazine rings is 1. The Morgan fingerprint density at radius 1 is 1.00 bits per heavy atom. The molecule has 1 amide bonds. The van der Waals surface area contributed by atoms with E-state index in [9.17, 15) is 36.5 Å². The van der Waals surface area contributed by atoms with Gasteiger partial charge in [-0.25, -0.2) is 13.1 Å². The number of ether oxygens (including phenoxy) is 2. The first-order valence-electron chi connectivity index (χ1n) is 23.1. The van der Waals surface area contributed by atoms with E-state index < -0.39 is 56.7 Å². The van der Waals surface area contributed by atoms with Crippen molar-refractivity contribution in [3.8, 4) is 5.88 Å². The first-order valence-corrected chi connectivity index (χ1v) is 25.0. The van der Waals surface area contributed by atoms with Gasteiger partial charge in [-0.1, -0.05) is 43.2 Å². The van der Waals surface area contributed by atoms with E-state index in [1.807, 2.05) is 12.1 Å². The molecule has 5 aromatic rings. The number of nitrogens with zero attached hydrogens (tertiary/aromatic N) is 5. The smallest absolute Gasteiger partial charge is 0.396 e. The normalized spacial score (nSPS) is 19.5. The molecule has 69 heavy (non-hydrogen) atoms. The molecule has 4 aliphatic rings. The molecule has 5 heterocycles. The Morgan fingerprint density at radius 3 is 2.48 bits per heavy atom. The first-order chi connectivity index (χ1) is 32.9. The maximum atomic E-state index is 14.8. The summed E-state index contributed by atoms with van der Waals surface area (Å²) in [5.41, 5.74) is 4.51. The molecule has 3 N–H and O–H groups in total. The lowest BCUT2D eigenvalue weighted by Gasteiger charge is -2.39. The topological polar surface area (TPSA) is 175 Å². The molecule has 9 rings (SSSR count). The van der Waals surface area contributed by atoms with Crippen LogP contribution in [0.25, 0.3) is 16.6 Å². The standard InChI is InChI=1S/C49H54ClF3N8O7S/c1-48(2)15-11-34(40(26-48)32-3-5-36(50)6-4-32)28-58-17-19-59(20-18-58)37-7-9-39(42(24-37)60-29-35(49(51,52)53)30-68-47-44(60)23-33-12-16-54-45(33)56-47)46(62)57-69(65,66)38-8-10-41(43(25-38)61(63)64)55-27-31-13-21-67-22-14-31/h3-10,12,16,23-25,31,35,55H,11,13-15,17-22,26-30H2,1-2H3,(H,54,56)(H,57,62)/t35-/m0/s1. The highest BCUT2D eigenvalue weighted by Crippen LogP contribution is 2.45. The number of halogens is 4. The molecule has 3 aromatic carbocycles. The number of nitro benzene ring substituents is 1. The summed E-state index contributed by atoms with van der Waals surface area (Å²) in [6.07, 6.45) is 1.42. The number of hydrogen-bond donors (Lipinski definition) is 3. The van der Waals surface area contributed by atoms with E-state index in [1.165, 1.54) is 33.7 Å². The number of nitro groups is 1. The van der Waals surface area contributed by atoms with Gasteiger partial charge in [-0.05, 0) is 109 Å². The molecule has 3 aliphatic heterocycles. The van der Waals surface area contributed by atoms with Crippen LogP contribution in [0.2, 0.25) is 5.02 Å². The highest BCUT2D eigenvalue weighted by Gasteiger charge is 2.44. The number of nitrogens with one attached hydrogen (secondary N) is 3. The van der Waals surface area contributed by atoms with Crippen LogP contribution in [-0.4, -0.2) is 106 Å². The van der Waals surface area contributed by atoms with E-state index in [4.69, 9.17) is 21.1 Å². The van der Waals surface area contributed by atoms with Gasteiger partial charge in [0, 0.05) is 87.4 Å². The van der Waals surface area contributed by atoms with Crippen molar-refractivity contribution in [2.75, 3.05) is 80.8 Å². The molecule has 2 saturated heterocycles. The zero-order chi connectivity index (χ0) is 48.7. The Bertz CT molecular complexity index is 2880. The second kappa shape index (κ2) is 19.5. The summed E-state index contributed by atoms with van der Waals surface area (Å²) in [6.45, 7) is 7.96. The molecular weight excluding hydrogens is 937 g/mol. The third kappa shape index (κ3) is 10.8. The largest absolute Gasteiger partial charge is 0.475 e. The van der Waals surface area contributed by atoms with E-state index in [2.05, 4.69) is 55.8 Å². The van der Waals surface area contributed by atoms with Gasteiger partial charge in [0.25, 0.3) is 21.6 Å². The molecule has 1 atom stereocenters. The molecule has 366 valence electrons. The molecular formula is C49H54ClF3N8O7S. The lowest BCUT2D eigenvalue weighted by atomic mass is 9.72. The minimum atomic E-state index is -4.78. The fraction of sp³-hybridized carbons (Fsp3) is 0.429. The van der Waals surface area contributed by atoms with Gasteiger partial charge in [0.1, 0.15) is 29.5 Å². The van der Waals surface area contributed by atoms with Gasteiger partial charge in [0.05, 0.1) is 21.1 Å². The second-order valence-corrected chi connectivity index (χ2v) is 21.2. The molecule has 2 aromatic heterocycles. The predicted octanol–water partition coefficient (Wildman–Crippen LogP) is 9.58. The Morgan fingerprint density at radius 2 is 1.75 bits per heavy atom. The maximum Gasteiger partial charge on any atom is 0.396 e. The van der Waals surface area contributed by atoms with E-state index in [0.29, 0.717) is 67.7 Å². The second-order valence-electron chi connectivity index (χ2n) is 19.1. The number of fused-ring (bicyclic) bond motifs is 2. The van der Waals surface area contributed by atoms with Crippen molar-refractivity contribution in [1.82, 2.24) is 19.6 Å². The summed E-state index contributed by atoms with van der Waals surface area (Å²) in [5.74, 6) is -3.09. The Kier molecular flexibility index (Phi) is 13.6. The van der Waals surface area contributed by atoms with Crippen LogP contribution in [0.3, 0.4) is 0 Å². The Balaban J connectivity index is 1.03. The Labute approximate surface area is 403 Å². The SMILES string of the molecule is CC1(C)CCC(CN2CCN(c3ccc(C(=O)NS(=O)(=O)c4ccc(NCC5CCOCC5)c([N+](=O)[O-])c4)c(N4C[C@H](C(F)(F)F)COc5nc6[nH]ccc6cc54)c3)CC2)=C(c2ccc(Cl)cc2)C1. The van der Waals surface area contributed by atoms with E-state index in [-0.39, 0.29) is 39.8 Å². The summed E-state index contributed by atoms with van der Waals surface area (Å²) in [4.78, 5) is 38.7. The van der Waals surface area contributed by atoms with E-state index in [0.717, 1.165) is 50.8 Å². The van der Waals surface area contributed by atoms with Gasteiger partial charge in [-0.3, -0.25) is 19.8 Å². The fourth-order valence-corrected chi connectivity index (χ4v) is 10.8. The summed E-state index contributed by atoms with van der Waals surface area (Å²) in [6, 6.07) is 19.3. The summed E-state index contributed by atoms with van der Waals surface area (Å²) in [5, 5.41) is 16.5. The maximum absolute atomic E-state index is 14.8. The van der Waals surface area contributed by atoms with Crippen LogP contribution in [0.4, 0.5) is 41.6 Å². The van der Waals surface area contributed by atoms with Gasteiger partial charge in [0.15, 0.2) is 0 Å². The number of aromatic nitrogens is 2. The number of hydrogen-bond acceptors (Lipinski definition) is 12. The Hall–Kier alpha value is -5.89. The van der Waals surface area contributed by atoms with Crippen molar-refractivity contribution in [3.05, 3.63) is 111 Å². The summed E-state index contributed by atoms with van der Waals surface area (Å²) in [7, 11) is -4.78. The van der Waals surface area contributed by atoms with Crippen LogP contribution in [0, 0.1) is 27.4 Å². The van der Waals surface area contributed by atoms with Crippen molar-refractivity contribution in [2.24, 2.45) is 17.3 Å². The third-order valence-corrected chi connectivity index (χ3v) is 15.3. The molecule has 15 nitrogen and oxygen atoms in total. The average Bonchev–Trinajstić information content (AvgIpc) is 3.70. The van der Waals surface area contributed by atoms with Crippen molar-refractivity contribution < 1.29 is 40.8 Å². The summed E-state index contributed by atoms with van der Waals surface area (Å²) < 4.78 is 85.4. The van der Waals surface area contributed by atoms with Crippen molar-refractivity contribution in [2.45, 2.75) is 57.0 Å². The predicted molar refractivity (Wildman–Crippen MR) is 259 cm³/mol. The van der Waals surface area contributed by atoms with Gasteiger partial charge in [-0.15, -0.1) is 0 Å². The molecule has 0 radical (unpaired) electrons. The number of alkyl halides is 3. The van der Waals surface area contributed by atoms with Crippen LogP contribution in [0.1, 0.15) is 61.9 Å². The number of carbonyl (C=O) groups is 1. The highest BCUT2D eigenvalue weighted by atomic mass is 35.5. The average molecular weight is 992 g/mol. The van der Waals surface area contributed by atoms with Gasteiger partial charge >= 0.3 is 6.18 Å².